The third-order valence-electron chi connectivity index (χ3n) is 4.48. The fourth-order valence-corrected chi connectivity index (χ4v) is 3.30. The summed E-state index contributed by atoms with van der Waals surface area (Å²) in [6.45, 7) is 0.841. The monoisotopic (exact) mass is 334 g/mol. The van der Waals surface area contributed by atoms with E-state index in [2.05, 4.69) is 5.32 Å². The van der Waals surface area contributed by atoms with Crippen LogP contribution in [0.3, 0.4) is 0 Å². The third kappa shape index (κ3) is 2.76. The molecule has 4 rings (SSSR count). The van der Waals surface area contributed by atoms with E-state index in [1.807, 2.05) is 30.3 Å². The molecular formula is C19H18N4O2. The summed E-state index contributed by atoms with van der Waals surface area (Å²) in [6, 6.07) is 16.7. The quantitative estimate of drug-likeness (QED) is 0.575. The molecule has 3 aromatic rings. The highest BCUT2D eigenvalue weighted by Crippen LogP contribution is 2.35. The van der Waals surface area contributed by atoms with Crippen molar-refractivity contribution in [2.45, 2.75) is 19.3 Å². The van der Waals surface area contributed by atoms with Gasteiger partial charge in [0.05, 0.1) is 10.6 Å². The van der Waals surface area contributed by atoms with Crippen LogP contribution in [-0.2, 0) is 6.42 Å². The van der Waals surface area contributed by atoms with Gasteiger partial charge in [0.2, 0.25) is 0 Å². The van der Waals surface area contributed by atoms with Crippen LogP contribution in [0.4, 0.5) is 11.5 Å². The Balaban J connectivity index is 1.95. The summed E-state index contributed by atoms with van der Waals surface area (Å²) in [7, 11) is 0. The zero-order valence-electron chi connectivity index (χ0n) is 13.7. The number of nitrogens with zero attached hydrogens (tertiary/aromatic N) is 3. The van der Waals surface area contributed by atoms with E-state index >= 15 is 0 Å². The molecule has 0 aliphatic carbocycles. The van der Waals surface area contributed by atoms with Gasteiger partial charge in [-0.2, -0.15) is 5.10 Å². The van der Waals surface area contributed by atoms with Crippen LogP contribution in [0.15, 0.2) is 54.6 Å². The molecule has 0 radical (unpaired) electrons. The molecule has 0 bridgehead atoms. The van der Waals surface area contributed by atoms with Gasteiger partial charge in [0.25, 0.3) is 5.69 Å². The van der Waals surface area contributed by atoms with Gasteiger partial charge in [0, 0.05) is 23.7 Å². The highest BCUT2D eigenvalue weighted by atomic mass is 16.6. The largest absolute Gasteiger partial charge is 0.370 e. The second-order valence-electron chi connectivity index (χ2n) is 6.08. The van der Waals surface area contributed by atoms with E-state index < -0.39 is 0 Å². The molecule has 1 aromatic heterocycles. The van der Waals surface area contributed by atoms with Crippen molar-refractivity contribution in [2.24, 2.45) is 0 Å². The molecule has 2 heterocycles. The summed E-state index contributed by atoms with van der Waals surface area (Å²) in [5.41, 5.74) is 3.59. The van der Waals surface area contributed by atoms with E-state index in [0.717, 1.165) is 48.4 Å². The first-order valence-corrected chi connectivity index (χ1v) is 8.40. The lowest BCUT2D eigenvalue weighted by Crippen LogP contribution is -2.08. The number of hydrogen-bond donors (Lipinski definition) is 1. The number of anilines is 1. The molecule has 6 heteroatoms. The van der Waals surface area contributed by atoms with Gasteiger partial charge in [-0.25, -0.2) is 4.68 Å². The summed E-state index contributed by atoms with van der Waals surface area (Å²) in [5.74, 6) is 0.866. The topological polar surface area (TPSA) is 73.0 Å². The average Bonchev–Trinajstić information content (AvgIpc) is 2.83. The maximum Gasteiger partial charge on any atom is 0.294 e. The first-order valence-electron chi connectivity index (χ1n) is 8.40. The molecule has 0 unspecified atom stereocenters. The molecular weight excluding hydrogens is 316 g/mol. The maximum atomic E-state index is 11.5. The maximum absolute atomic E-state index is 11.5. The van der Waals surface area contributed by atoms with Crippen molar-refractivity contribution < 1.29 is 4.92 Å². The van der Waals surface area contributed by atoms with Crippen LogP contribution in [0, 0.1) is 10.1 Å². The standard InChI is InChI=1S/C19H18N4O2/c24-23(25)17-12-5-4-11-16(17)22-19-15(10-6-7-13-20-19)18(21-22)14-8-2-1-3-9-14/h1-5,8-9,11-12,20H,6-7,10,13H2. The van der Waals surface area contributed by atoms with Gasteiger partial charge >= 0.3 is 0 Å². The van der Waals surface area contributed by atoms with Crippen molar-refractivity contribution in [3.8, 4) is 16.9 Å². The fraction of sp³-hybridized carbons (Fsp3) is 0.211. The van der Waals surface area contributed by atoms with Gasteiger partial charge in [-0.3, -0.25) is 10.1 Å². The van der Waals surface area contributed by atoms with Crippen molar-refractivity contribution in [1.82, 2.24) is 9.78 Å². The molecule has 0 amide bonds. The van der Waals surface area contributed by atoms with Crippen LogP contribution in [0.25, 0.3) is 16.9 Å². The molecule has 0 spiro atoms. The van der Waals surface area contributed by atoms with E-state index in [4.69, 9.17) is 5.10 Å². The van der Waals surface area contributed by atoms with Crippen LogP contribution in [0.1, 0.15) is 18.4 Å². The first kappa shape index (κ1) is 15.4. The Labute approximate surface area is 145 Å². The summed E-state index contributed by atoms with van der Waals surface area (Å²) in [6.07, 6.45) is 3.05. The molecule has 1 aliphatic heterocycles. The molecule has 0 saturated carbocycles. The average molecular weight is 334 g/mol. The number of para-hydroxylation sites is 2. The van der Waals surface area contributed by atoms with Crippen LogP contribution in [0.5, 0.6) is 0 Å². The van der Waals surface area contributed by atoms with Crippen LogP contribution >= 0.6 is 0 Å². The van der Waals surface area contributed by atoms with E-state index in [1.54, 1.807) is 22.9 Å². The third-order valence-corrected chi connectivity index (χ3v) is 4.48. The zero-order chi connectivity index (χ0) is 17.2. The summed E-state index contributed by atoms with van der Waals surface area (Å²) >= 11 is 0. The first-order chi connectivity index (χ1) is 12.3. The second kappa shape index (κ2) is 6.39. The Morgan fingerprint density at radius 2 is 1.80 bits per heavy atom. The van der Waals surface area contributed by atoms with E-state index in [9.17, 15) is 10.1 Å². The highest BCUT2D eigenvalue weighted by Gasteiger charge is 2.25. The number of rotatable bonds is 3. The summed E-state index contributed by atoms with van der Waals surface area (Å²) in [4.78, 5) is 11.1. The molecule has 0 atom stereocenters. The van der Waals surface area contributed by atoms with Gasteiger partial charge in [-0.05, 0) is 25.3 Å². The minimum absolute atomic E-state index is 0.0541. The normalized spacial score (nSPS) is 13.6. The van der Waals surface area contributed by atoms with E-state index in [-0.39, 0.29) is 10.6 Å². The van der Waals surface area contributed by atoms with Crippen LogP contribution in [0.2, 0.25) is 0 Å². The SMILES string of the molecule is O=[N+]([O-])c1ccccc1-n1nc(-c2ccccc2)c2c1NCCCC2. The minimum Gasteiger partial charge on any atom is -0.370 e. The van der Waals surface area contributed by atoms with Gasteiger partial charge in [-0.15, -0.1) is 0 Å². The number of benzene rings is 2. The smallest absolute Gasteiger partial charge is 0.294 e. The Hall–Kier alpha value is -3.15. The molecule has 6 nitrogen and oxygen atoms in total. The predicted octanol–water partition coefficient (Wildman–Crippen LogP) is 4.20. The molecule has 25 heavy (non-hydrogen) atoms. The Bertz CT molecular complexity index is 918. The van der Waals surface area contributed by atoms with Crippen molar-refractivity contribution in [3.05, 3.63) is 70.3 Å². The van der Waals surface area contributed by atoms with Gasteiger partial charge < -0.3 is 5.32 Å². The fourth-order valence-electron chi connectivity index (χ4n) is 3.30. The Morgan fingerprint density at radius 3 is 2.60 bits per heavy atom. The summed E-state index contributed by atoms with van der Waals surface area (Å²) < 4.78 is 1.70. The lowest BCUT2D eigenvalue weighted by atomic mass is 10.0. The summed E-state index contributed by atoms with van der Waals surface area (Å²) in [5, 5.41) is 19.6. The Kier molecular flexibility index (Phi) is 3.93. The van der Waals surface area contributed by atoms with Crippen LogP contribution < -0.4 is 5.32 Å². The van der Waals surface area contributed by atoms with E-state index in [0.29, 0.717) is 5.69 Å². The predicted molar refractivity (Wildman–Crippen MR) is 97.1 cm³/mol. The van der Waals surface area contributed by atoms with Crippen molar-refractivity contribution >= 4 is 11.5 Å². The number of hydrogen-bond acceptors (Lipinski definition) is 4. The minimum atomic E-state index is -0.359. The molecule has 2 aromatic carbocycles. The molecule has 1 aliphatic rings. The molecule has 126 valence electrons. The molecule has 0 saturated heterocycles. The molecule has 0 fully saturated rings. The second-order valence-corrected chi connectivity index (χ2v) is 6.08. The van der Waals surface area contributed by atoms with Crippen molar-refractivity contribution in [2.75, 3.05) is 11.9 Å². The van der Waals surface area contributed by atoms with Gasteiger partial charge in [0.15, 0.2) is 0 Å². The van der Waals surface area contributed by atoms with Crippen molar-refractivity contribution in [3.63, 3.8) is 0 Å². The van der Waals surface area contributed by atoms with Crippen molar-refractivity contribution in [1.29, 1.82) is 0 Å². The van der Waals surface area contributed by atoms with Gasteiger partial charge in [0.1, 0.15) is 11.5 Å². The van der Waals surface area contributed by atoms with E-state index in [1.165, 1.54) is 6.07 Å². The highest BCUT2D eigenvalue weighted by molar-refractivity contribution is 5.72. The lowest BCUT2D eigenvalue weighted by molar-refractivity contribution is -0.384. The number of aromatic nitrogens is 2. The number of nitrogens with one attached hydrogen (secondary N) is 1. The number of nitro groups is 1. The number of nitro benzene ring substituents is 1. The zero-order valence-corrected chi connectivity index (χ0v) is 13.7. The lowest BCUT2D eigenvalue weighted by Gasteiger charge is -2.09. The van der Waals surface area contributed by atoms with Gasteiger partial charge in [-0.1, -0.05) is 42.5 Å². The number of fused-ring (bicyclic) bond motifs is 1. The Morgan fingerprint density at radius 1 is 1.04 bits per heavy atom. The van der Waals surface area contributed by atoms with Crippen LogP contribution in [-0.4, -0.2) is 21.2 Å². The molecule has 1 N–H and O–H groups in total.